The first-order valence-corrected chi connectivity index (χ1v) is 7.43. The van der Waals surface area contributed by atoms with Crippen molar-refractivity contribution >= 4 is 39.1 Å². The Bertz CT molecular complexity index is 606. The molecule has 2 rings (SSSR count). The Hall–Kier alpha value is -0.570. The summed E-state index contributed by atoms with van der Waals surface area (Å²) in [5, 5.41) is 1.12. The monoisotopic (exact) mass is 360 g/mol. The van der Waals surface area contributed by atoms with Crippen molar-refractivity contribution in [2.45, 2.75) is 18.7 Å². The largest absolute Gasteiger partial charge is 0.207 e. The van der Waals surface area contributed by atoms with Crippen LogP contribution in [0, 0.1) is 19.7 Å². The third kappa shape index (κ3) is 2.96. The second-order valence-corrected chi connectivity index (χ2v) is 6.19. The van der Waals surface area contributed by atoms with Crippen molar-refractivity contribution in [3.8, 4) is 0 Å². The molecule has 0 bridgehead atoms. The van der Waals surface area contributed by atoms with Gasteiger partial charge in [-0.25, -0.2) is 4.39 Å². The van der Waals surface area contributed by atoms with Gasteiger partial charge in [0.15, 0.2) is 0 Å². The van der Waals surface area contributed by atoms with Crippen LogP contribution in [0.5, 0.6) is 0 Å². The highest BCUT2D eigenvalue weighted by molar-refractivity contribution is 9.09. The smallest absolute Gasteiger partial charge is 0.129 e. The van der Waals surface area contributed by atoms with E-state index in [1.165, 1.54) is 6.07 Å². The lowest BCUT2D eigenvalue weighted by atomic mass is 9.98. The van der Waals surface area contributed by atoms with Gasteiger partial charge in [0.05, 0.1) is 4.83 Å². The summed E-state index contributed by atoms with van der Waals surface area (Å²) < 4.78 is 14.0. The van der Waals surface area contributed by atoms with Crippen LogP contribution in [-0.2, 0) is 0 Å². The van der Waals surface area contributed by atoms with E-state index in [0.29, 0.717) is 15.6 Å². The molecule has 0 amide bonds. The summed E-state index contributed by atoms with van der Waals surface area (Å²) in [4.78, 5) is -0.294. The average molecular weight is 362 g/mol. The normalized spacial score (nSPS) is 12.5. The number of benzene rings is 2. The van der Waals surface area contributed by atoms with Crippen molar-refractivity contribution in [3.63, 3.8) is 0 Å². The zero-order chi connectivity index (χ0) is 14.2. The highest BCUT2D eigenvalue weighted by Gasteiger charge is 2.20. The fourth-order valence-corrected chi connectivity index (χ4v) is 3.57. The van der Waals surface area contributed by atoms with Crippen LogP contribution in [0.25, 0.3) is 0 Å². The zero-order valence-corrected chi connectivity index (χ0v) is 13.6. The van der Waals surface area contributed by atoms with Gasteiger partial charge in [0.25, 0.3) is 0 Å². The maximum atomic E-state index is 14.0. The molecular weight excluding hydrogens is 350 g/mol. The first kappa shape index (κ1) is 14.8. The van der Waals surface area contributed by atoms with Gasteiger partial charge < -0.3 is 0 Å². The second kappa shape index (κ2) is 5.82. The molecule has 1 atom stereocenters. The Kier molecular flexibility index (Phi) is 4.54. The molecule has 4 heteroatoms. The van der Waals surface area contributed by atoms with Gasteiger partial charge in [0, 0.05) is 15.6 Å². The van der Waals surface area contributed by atoms with Crippen molar-refractivity contribution < 1.29 is 4.39 Å². The molecule has 0 radical (unpaired) electrons. The van der Waals surface area contributed by atoms with Crippen LogP contribution in [0.4, 0.5) is 4.39 Å². The quantitative estimate of drug-likeness (QED) is 0.556. The summed E-state index contributed by atoms with van der Waals surface area (Å²) in [7, 11) is 0. The molecule has 19 heavy (non-hydrogen) atoms. The van der Waals surface area contributed by atoms with Gasteiger partial charge in [-0.3, -0.25) is 0 Å². The number of aryl methyl sites for hydroxylation is 2. The Morgan fingerprint density at radius 1 is 1.05 bits per heavy atom. The fourth-order valence-electron chi connectivity index (χ4n) is 1.98. The topological polar surface area (TPSA) is 0 Å². The van der Waals surface area contributed by atoms with Gasteiger partial charge in [-0.15, -0.1) is 0 Å². The highest BCUT2D eigenvalue weighted by atomic mass is 79.9. The molecule has 0 spiro atoms. The lowest BCUT2D eigenvalue weighted by Crippen LogP contribution is -2.01. The Labute approximate surface area is 130 Å². The minimum atomic E-state index is -0.318. The Balaban J connectivity index is 2.56. The van der Waals surface area contributed by atoms with E-state index in [2.05, 4.69) is 15.9 Å². The number of rotatable bonds is 2. The molecule has 1 unspecified atom stereocenters. The van der Waals surface area contributed by atoms with E-state index in [0.717, 1.165) is 16.7 Å². The van der Waals surface area contributed by atoms with Crippen molar-refractivity contribution in [1.82, 2.24) is 0 Å². The van der Waals surface area contributed by atoms with Crippen molar-refractivity contribution in [2.75, 3.05) is 0 Å². The summed E-state index contributed by atoms with van der Waals surface area (Å²) in [6.45, 7) is 3.87. The van der Waals surface area contributed by atoms with Crippen LogP contribution in [0.15, 0.2) is 30.3 Å². The van der Waals surface area contributed by atoms with E-state index in [1.807, 2.05) is 26.0 Å². The van der Waals surface area contributed by atoms with Crippen LogP contribution in [-0.4, -0.2) is 0 Å². The average Bonchev–Trinajstić information content (AvgIpc) is 2.33. The van der Waals surface area contributed by atoms with E-state index in [4.69, 9.17) is 23.2 Å². The van der Waals surface area contributed by atoms with E-state index < -0.39 is 0 Å². The number of hydrogen-bond donors (Lipinski definition) is 0. The molecular formula is C15H12BrCl2F. The summed E-state index contributed by atoms with van der Waals surface area (Å²) in [5.41, 5.74) is 3.37. The van der Waals surface area contributed by atoms with Crippen LogP contribution < -0.4 is 0 Å². The molecule has 2 aromatic rings. The third-order valence-corrected chi connectivity index (χ3v) is 4.76. The first-order valence-electron chi connectivity index (χ1n) is 5.76. The molecule has 0 aliphatic carbocycles. The maximum absolute atomic E-state index is 14.0. The minimum absolute atomic E-state index is 0.294. The van der Waals surface area contributed by atoms with Gasteiger partial charge in [-0.2, -0.15) is 0 Å². The summed E-state index contributed by atoms with van der Waals surface area (Å²) in [6, 6.07) is 8.54. The van der Waals surface area contributed by atoms with E-state index in [9.17, 15) is 4.39 Å². The third-order valence-electron chi connectivity index (χ3n) is 3.07. The lowest BCUT2D eigenvalue weighted by Gasteiger charge is -2.17. The summed E-state index contributed by atoms with van der Waals surface area (Å²) >= 11 is 15.7. The van der Waals surface area contributed by atoms with E-state index in [-0.39, 0.29) is 10.6 Å². The molecule has 0 N–H and O–H groups in total. The van der Waals surface area contributed by atoms with E-state index >= 15 is 0 Å². The maximum Gasteiger partial charge on any atom is 0.129 e. The molecule has 0 aliphatic rings. The van der Waals surface area contributed by atoms with Crippen molar-refractivity contribution in [3.05, 3.63) is 68.4 Å². The standard InChI is InChI=1S/C15H12BrCl2F/c1-8-7-12(18)9(2)6-10(8)15(16)14-11(17)4-3-5-13(14)19/h3-7,15H,1-2H3. The van der Waals surface area contributed by atoms with Crippen LogP contribution in [0.1, 0.15) is 27.1 Å². The minimum Gasteiger partial charge on any atom is -0.207 e. The summed E-state index contributed by atoms with van der Waals surface area (Å²) in [6.07, 6.45) is 0. The van der Waals surface area contributed by atoms with Gasteiger partial charge in [0.1, 0.15) is 5.82 Å². The van der Waals surface area contributed by atoms with Crippen molar-refractivity contribution in [2.24, 2.45) is 0 Å². The molecule has 0 fully saturated rings. The van der Waals surface area contributed by atoms with Gasteiger partial charge in [-0.05, 0) is 48.7 Å². The SMILES string of the molecule is Cc1cc(C(Br)c2c(F)cccc2Cl)c(C)cc1Cl. The molecule has 0 heterocycles. The highest BCUT2D eigenvalue weighted by Crippen LogP contribution is 2.39. The molecule has 0 aromatic heterocycles. The lowest BCUT2D eigenvalue weighted by molar-refractivity contribution is 0.613. The molecule has 0 aliphatic heterocycles. The van der Waals surface area contributed by atoms with Gasteiger partial charge >= 0.3 is 0 Å². The summed E-state index contributed by atoms with van der Waals surface area (Å²) in [5.74, 6) is -0.318. The van der Waals surface area contributed by atoms with Crippen LogP contribution >= 0.6 is 39.1 Å². The van der Waals surface area contributed by atoms with E-state index in [1.54, 1.807) is 12.1 Å². The fraction of sp³-hybridized carbons (Fsp3) is 0.200. The van der Waals surface area contributed by atoms with Gasteiger partial charge in [0.2, 0.25) is 0 Å². The molecule has 0 saturated carbocycles. The van der Waals surface area contributed by atoms with Gasteiger partial charge in [-0.1, -0.05) is 51.3 Å². The molecule has 2 aromatic carbocycles. The number of hydrogen-bond acceptors (Lipinski definition) is 0. The van der Waals surface area contributed by atoms with Crippen molar-refractivity contribution in [1.29, 1.82) is 0 Å². The predicted molar refractivity (Wildman–Crippen MR) is 83.1 cm³/mol. The Morgan fingerprint density at radius 3 is 2.37 bits per heavy atom. The molecule has 100 valence electrons. The number of halogens is 4. The predicted octanol–water partition coefficient (Wildman–Crippen LogP) is 6.23. The molecule has 0 nitrogen and oxygen atoms in total. The number of alkyl halides is 1. The Morgan fingerprint density at radius 2 is 1.74 bits per heavy atom. The first-order chi connectivity index (χ1) is 8.91. The zero-order valence-electron chi connectivity index (χ0n) is 10.5. The second-order valence-electron chi connectivity index (χ2n) is 4.46. The van der Waals surface area contributed by atoms with Crippen LogP contribution in [0.2, 0.25) is 10.0 Å². The molecule has 0 saturated heterocycles. The van der Waals surface area contributed by atoms with Crippen LogP contribution in [0.3, 0.4) is 0 Å².